The molecule has 0 bridgehead atoms. The highest BCUT2D eigenvalue weighted by atomic mass is 79.9. The summed E-state index contributed by atoms with van der Waals surface area (Å²) in [5.74, 6) is -0.531. The first-order valence-corrected chi connectivity index (χ1v) is 5.44. The topological polar surface area (TPSA) is 72.2 Å². The lowest BCUT2D eigenvalue weighted by molar-refractivity contribution is -0.123. The van der Waals surface area contributed by atoms with Crippen molar-refractivity contribution in [1.82, 2.24) is 5.32 Å². The first kappa shape index (κ1) is 13.4. The van der Waals surface area contributed by atoms with Gasteiger partial charge in [0.15, 0.2) is 0 Å². The summed E-state index contributed by atoms with van der Waals surface area (Å²) in [6, 6.07) is 0. The molecule has 3 N–H and O–H groups in total. The Hall–Kier alpha value is -0.580. The van der Waals surface area contributed by atoms with Crippen LogP contribution in [0.25, 0.3) is 0 Å². The number of halogens is 1. The number of rotatable bonds is 5. The normalized spacial score (nSPS) is 13.4. The molecule has 1 unspecified atom stereocenters. The van der Waals surface area contributed by atoms with Crippen LogP contribution in [0.2, 0.25) is 0 Å². The highest BCUT2D eigenvalue weighted by Gasteiger charge is 2.25. The fourth-order valence-corrected chi connectivity index (χ4v) is 1.19. The molecular weight excluding hydrogens is 248 g/mol. The van der Waals surface area contributed by atoms with Crippen LogP contribution in [-0.2, 0) is 9.59 Å². The molecule has 0 fully saturated rings. The smallest absolute Gasteiger partial charge is 0.234 e. The summed E-state index contributed by atoms with van der Waals surface area (Å²) in [6.45, 7) is 5.44. The molecule has 1 atom stereocenters. The minimum absolute atomic E-state index is 0.112. The third-order valence-corrected chi connectivity index (χ3v) is 2.78. The van der Waals surface area contributed by atoms with Crippen LogP contribution in [0.3, 0.4) is 0 Å². The first-order chi connectivity index (χ1) is 6.28. The Bertz CT molecular complexity index is 229. The summed E-state index contributed by atoms with van der Waals surface area (Å²) < 4.78 is 0. The van der Waals surface area contributed by atoms with E-state index in [1.54, 1.807) is 13.8 Å². The van der Waals surface area contributed by atoms with Crippen molar-refractivity contribution in [2.75, 3.05) is 0 Å². The fraction of sp³-hybridized carbons (Fsp3) is 0.778. The van der Waals surface area contributed by atoms with Crippen molar-refractivity contribution >= 4 is 27.7 Å². The maximum Gasteiger partial charge on any atom is 0.234 e. The van der Waals surface area contributed by atoms with Gasteiger partial charge in [-0.05, 0) is 20.3 Å². The number of hydrogen-bond acceptors (Lipinski definition) is 2. The Morgan fingerprint density at radius 2 is 2.00 bits per heavy atom. The molecule has 0 aliphatic rings. The number of carbonyl (C=O) groups excluding carboxylic acids is 2. The number of alkyl halides is 1. The molecule has 0 saturated heterocycles. The highest BCUT2D eigenvalue weighted by Crippen LogP contribution is 2.11. The van der Waals surface area contributed by atoms with E-state index in [9.17, 15) is 9.59 Å². The van der Waals surface area contributed by atoms with Crippen molar-refractivity contribution in [2.45, 2.75) is 44.0 Å². The number of nitrogens with two attached hydrogens (primary N) is 1. The summed E-state index contributed by atoms with van der Waals surface area (Å²) in [6.07, 6.45) is 0.848. The summed E-state index contributed by atoms with van der Waals surface area (Å²) >= 11 is 3.23. The molecule has 0 aliphatic carbocycles. The Labute approximate surface area is 92.7 Å². The van der Waals surface area contributed by atoms with Crippen LogP contribution in [0, 0.1) is 0 Å². The Kier molecular flexibility index (Phi) is 5.12. The van der Waals surface area contributed by atoms with Crippen LogP contribution in [0.5, 0.6) is 0 Å². The number of amides is 2. The van der Waals surface area contributed by atoms with Crippen LogP contribution in [-0.4, -0.2) is 22.2 Å². The summed E-state index contributed by atoms with van der Waals surface area (Å²) in [5.41, 5.74) is 4.48. The van der Waals surface area contributed by atoms with Crippen LogP contribution >= 0.6 is 15.9 Å². The molecule has 0 heterocycles. The van der Waals surface area contributed by atoms with Crippen LogP contribution in [0.15, 0.2) is 0 Å². The molecular formula is C9H17BrN2O2. The fourth-order valence-electron chi connectivity index (χ4n) is 1.08. The maximum absolute atomic E-state index is 11.5. The number of nitrogens with one attached hydrogen (secondary N) is 1. The van der Waals surface area contributed by atoms with Gasteiger partial charge < -0.3 is 11.1 Å². The van der Waals surface area contributed by atoms with Gasteiger partial charge in [0, 0.05) is 12.0 Å². The average molecular weight is 265 g/mol. The monoisotopic (exact) mass is 264 g/mol. The second-order valence-electron chi connectivity index (χ2n) is 3.89. The van der Waals surface area contributed by atoms with Crippen LogP contribution < -0.4 is 11.1 Å². The van der Waals surface area contributed by atoms with E-state index in [1.807, 2.05) is 6.92 Å². The highest BCUT2D eigenvalue weighted by molar-refractivity contribution is 9.10. The Morgan fingerprint density at radius 1 is 1.50 bits per heavy atom. The second kappa shape index (κ2) is 5.34. The van der Waals surface area contributed by atoms with Gasteiger partial charge in [-0.1, -0.05) is 22.9 Å². The first-order valence-electron chi connectivity index (χ1n) is 4.53. The Balaban J connectivity index is 4.21. The van der Waals surface area contributed by atoms with E-state index < -0.39 is 11.4 Å². The molecule has 0 radical (unpaired) electrons. The van der Waals surface area contributed by atoms with Crippen molar-refractivity contribution in [3.63, 3.8) is 0 Å². The molecule has 0 aromatic heterocycles. The molecule has 0 saturated carbocycles. The van der Waals surface area contributed by atoms with Crippen molar-refractivity contribution in [3.8, 4) is 0 Å². The average Bonchev–Trinajstić information content (AvgIpc) is 1.99. The minimum Gasteiger partial charge on any atom is -0.370 e. The molecule has 5 heteroatoms. The van der Waals surface area contributed by atoms with Crippen LogP contribution in [0.4, 0.5) is 0 Å². The molecule has 14 heavy (non-hydrogen) atoms. The summed E-state index contributed by atoms with van der Waals surface area (Å²) in [4.78, 5) is 21.9. The molecule has 4 nitrogen and oxygen atoms in total. The second-order valence-corrected chi connectivity index (χ2v) is 5.00. The van der Waals surface area contributed by atoms with Crippen LogP contribution in [0.1, 0.15) is 33.6 Å². The molecule has 0 spiro atoms. The van der Waals surface area contributed by atoms with Gasteiger partial charge in [0.05, 0.1) is 4.83 Å². The van der Waals surface area contributed by atoms with E-state index in [0.717, 1.165) is 0 Å². The van der Waals surface area contributed by atoms with Gasteiger partial charge in [-0.3, -0.25) is 9.59 Å². The molecule has 82 valence electrons. The van der Waals surface area contributed by atoms with Crippen molar-refractivity contribution in [2.24, 2.45) is 5.73 Å². The Morgan fingerprint density at radius 3 is 2.36 bits per heavy atom. The standard InChI is InChI=1S/C9H17BrN2O2/c1-4-6(10)8(14)12-9(2,3)5-7(11)13/h6H,4-5H2,1-3H3,(H2,11,13)(H,12,14). The van der Waals surface area contributed by atoms with E-state index in [4.69, 9.17) is 5.73 Å². The third kappa shape index (κ3) is 5.21. The van der Waals surface area contributed by atoms with E-state index in [-0.39, 0.29) is 17.2 Å². The van der Waals surface area contributed by atoms with Gasteiger partial charge in [-0.25, -0.2) is 0 Å². The van der Waals surface area contributed by atoms with E-state index in [1.165, 1.54) is 0 Å². The molecule has 0 aromatic rings. The largest absolute Gasteiger partial charge is 0.370 e. The zero-order valence-corrected chi connectivity index (χ0v) is 10.3. The molecule has 0 aromatic carbocycles. The van der Waals surface area contributed by atoms with E-state index in [2.05, 4.69) is 21.2 Å². The van der Waals surface area contributed by atoms with Crippen molar-refractivity contribution in [3.05, 3.63) is 0 Å². The number of carbonyl (C=O) groups is 2. The third-order valence-electron chi connectivity index (χ3n) is 1.72. The van der Waals surface area contributed by atoms with Crippen molar-refractivity contribution < 1.29 is 9.59 Å². The zero-order chi connectivity index (χ0) is 11.4. The number of primary amides is 1. The molecule has 0 rings (SSSR count). The van der Waals surface area contributed by atoms with Gasteiger partial charge in [0.2, 0.25) is 11.8 Å². The van der Waals surface area contributed by atoms with Gasteiger partial charge >= 0.3 is 0 Å². The molecule has 0 aliphatic heterocycles. The van der Waals surface area contributed by atoms with E-state index in [0.29, 0.717) is 6.42 Å². The summed E-state index contributed by atoms with van der Waals surface area (Å²) in [5, 5.41) is 2.75. The SMILES string of the molecule is CCC(Br)C(=O)NC(C)(C)CC(N)=O. The number of hydrogen-bond donors (Lipinski definition) is 2. The lowest BCUT2D eigenvalue weighted by Gasteiger charge is -2.25. The van der Waals surface area contributed by atoms with Gasteiger partial charge in [0.1, 0.15) is 0 Å². The molecule has 2 amide bonds. The predicted octanol–water partition coefficient (Wildman–Crippen LogP) is 0.930. The van der Waals surface area contributed by atoms with Gasteiger partial charge in [0.25, 0.3) is 0 Å². The quantitative estimate of drug-likeness (QED) is 0.726. The van der Waals surface area contributed by atoms with Crippen molar-refractivity contribution in [1.29, 1.82) is 0 Å². The summed E-state index contributed by atoms with van der Waals surface area (Å²) in [7, 11) is 0. The maximum atomic E-state index is 11.5. The van der Waals surface area contributed by atoms with Gasteiger partial charge in [-0.15, -0.1) is 0 Å². The van der Waals surface area contributed by atoms with E-state index >= 15 is 0 Å². The zero-order valence-electron chi connectivity index (χ0n) is 8.76. The lowest BCUT2D eigenvalue weighted by atomic mass is 10.00. The predicted molar refractivity (Wildman–Crippen MR) is 59.0 cm³/mol. The lowest BCUT2D eigenvalue weighted by Crippen LogP contribution is -2.48. The minimum atomic E-state index is -0.579. The van der Waals surface area contributed by atoms with Gasteiger partial charge in [-0.2, -0.15) is 0 Å².